The molecule has 0 bridgehead atoms. The molecule has 0 aliphatic heterocycles. The van der Waals surface area contributed by atoms with Gasteiger partial charge in [0.25, 0.3) is 0 Å². The normalized spacial score (nSPS) is 24.4. The van der Waals surface area contributed by atoms with Crippen molar-refractivity contribution in [3.8, 4) is 0 Å². The van der Waals surface area contributed by atoms with Crippen molar-refractivity contribution in [3.05, 3.63) is 30.3 Å². The van der Waals surface area contributed by atoms with Gasteiger partial charge in [-0.15, -0.1) is 0 Å². The van der Waals surface area contributed by atoms with Crippen molar-refractivity contribution in [3.63, 3.8) is 0 Å². The number of esters is 1. The fraction of sp³-hybridized carbons (Fsp3) is 0.579. The molecular weight excluding hydrogens is 399 g/mol. The van der Waals surface area contributed by atoms with Crippen LogP contribution in [0.5, 0.6) is 0 Å². The Kier molecular flexibility index (Phi) is 5.99. The maximum atomic E-state index is 13.2. The van der Waals surface area contributed by atoms with Gasteiger partial charge in [0.1, 0.15) is 0 Å². The van der Waals surface area contributed by atoms with E-state index in [-0.39, 0.29) is 30.6 Å². The molecular formula is C19H28O4SeSi. The van der Waals surface area contributed by atoms with Gasteiger partial charge in [-0.25, -0.2) is 0 Å². The SMILES string of the molecule is COC(=O)C1(O[Si](C)(C)C(C)(C)C)CCC([Se]c2ccccc2)C1=O. The van der Waals surface area contributed by atoms with E-state index in [9.17, 15) is 9.59 Å². The van der Waals surface area contributed by atoms with Crippen LogP contribution in [0.25, 0.3) is 0 Å². The fourth-order valence-corrected chi connectivity index (χ4v) is 6.65. The van der Waals surface area contributed by atoms with E-state index in [4.69, 9.17) is 9.16 Å². The van der Waals surface area contributed by atoms with Gasteiger partial charge < -0.3 is 0 Å². The first-order valence-corrected chi connectivity index (χ1v) is 13.3. The molecule has 0 heterocycles. The van der Waals surface area contributed by atoms with Crippen molar-refractivity contribution in [2.24, 2.45) is 0 Å². The molecule has 1 aromatic rings. The van der Waals surface area contributed by atoms with E-state index in [1.54, 1.807) is 0 Å². The van der Waals surface area contributed by atoms with Crippen LogP contribution in [0.3, 0.4) is 0 Å². The van der Waals surface area contributed by atoms with E-state index in [1.807, 2.05) is 30.3 Å². The Balaban J connectivity index is 2.29. The summed E-state index contributed by atoms with van der Waals surface area (Å²) in [5, 5.41) is -0.0863. The Morgan fingerprint density at radius 3 is 2.36 bits per heavy atom. The Hall–Kier alpha value is -0.944. The Labute approximate surface area is 158 Å². The number of carbonyl (C=O) groups excluding carboxylic acids is 2. The molecule has 0 N–H and O–H groups in total. The number of rotatable bonds is 5. The number of carbonyl (C=O) groups is 2. The number of Topliss-reactive ketones (excluding diaryl/α,β-unsaturated/α-hetero) is 1. The maximum absolute atomic E-state index is 13.2. The zero-order valence-corrected chi connectivity index (χ0v) is 18.6. The molecule has 0 spiro atoms. The van der Waals surface area contributed by atoms with Gasteiger partial charge in [0, 0.05) is 0 Å². The first-order chi connectivity index (χ1) is 11.5. The second-order valence-electron chi connectivity index (χ2n) is 8.00. The van der Waals surface area contributed by atoms with Crippen LogP contribution in [0.1, 0.15) is 33.6 Å². The van der Waals surface area contributed by atoms with Crippen LogP contribution in [0, 0.1) is 0 Å². The number of ketones is 1. The molecule has 25 heavy (non-hydrogen) atoms. The molecule has 1 saturated carbocycles. The van der Waals surface area contributed by atoms with Gasteiger partial charge in [-0.05, 0) is 0 Å². The van der Waals surface area contributed by atoms with Crippen molar-refractivity contribution >= 4 is 39.5 Å². The van der Waals surface area contributed by atoms with E-state index >= 15 is 0 Å². The van der Waals surface area contributed by atoms with Gasteiger partial charge >= 0.3 is 158 Å². The van der Waals surface area contributed by atoms with Crippen LogP contribution in [0.4, 0.5) is 0 Å². The number of hydrogen-bond acceptors (Lipinski definition) is 4. The zero-order chi connectivity index (χ0) is 18.9. The summed E-state index contributed by atoms with van der Waals surface area (Å²) in [5.41, 5.74) is -1.42. The van der Waals surface area contributed by atoms with Crippen LogP contribution < -0.4 is 4.46 Å². The minimum atomic E-state index is -2.30. The average Bonchev–Trinajstić information content (AvgIpc) is 2.84. The summed E-state index contributed by atoms with van der Waals surface area (Å²) >= 11 is -0.00902. The molecule has 0 saturated heterocycles. The molecule has 0 amide bonds. The average molecular weight is 427 g/mol. The van der Waals surface area contributed by atoms with E-state index < -0.39 is 19.9 Å². The Morgan fingerprint density at radius 1 is 1.24 bits per heavy atom. The molecule has 4 nitrogen and oxygen atoms in total. The van der Waals surface area contributed by atoms with Gasteiger partial charge in [-0.3, -0.25) is 0 Å². The van der Waals surface area contributed by atoms with Gasteiger partial charge in [0.05, 0.1) is 0 Å². The second kappa shape index (κ2) is 7.35. The Bertz CT molecular complexity index is 639. The topological polar surface area (TPSA) is 52.6 Å². The third-order valence-electron chi connectivity index (χ3n) is 5.22. The third-order valence-corrected chi connectivity index (χ3v) is 12.4. The predicted octanol–water partition coefficient (Wildman–Crippen LogP) is 3.10. The Morgan fingerprint density at radius 2 is 1.84 bits per heavy atom. The molecule has 138 valence electrons. The molecule has 1 aliphatic rings. The summed E-state index contributed by atoms with van der Waals surface area (Å²) in [6.07, 6.45) is 1.10. The van der Waals surface area contributed by atoms with Gasteiger partial charge in [0.15, 0.2) is 0 Å². The van der Waals surface area contributed by atoms with Crippen LogP contribution in [-0.4, -0.2) is 47.7 Å². The molecule has 0 radical (unpaired) electrons. The van der Waals surface area contributed by atoms with Crippen LogP contribution in [0.15, 0.2) is 30.3 Å². The quantitative estimate of drug-likeness (QED) is 0.412. The zero-order valence-electron chi connectivity index (χ0n) is 15.9. The van der Waals surface area contributed by atoms with Gasteiger partial charge in [0.2, 0.25) is 0 Å². The molecule has 2 atom stereocenters. The third kappa shape index (κ3) is 4.08. The summed E-state index contributed by atoms with van der Waals surface area (Å²) in [6, 6.07) is 10.0. The van der Waals surface area contributed by atoms with Gasteiger partial charge in [-0.2, -0.15) is 0 Å². The summed E-state index contributed by atoms with van der Waals surface area (Å²) in [7, 11) is -0.964. The second-order valence-corrected chi connectivity index (χ2v) is 15.4. The first-order valence-electron chi connectivity index (χ1n) is 8.58. The minimum absolute atomic E-state index is 0.00902. The first kappa shape index (κ1) is 20.4. The van der Waals surface area contributed by atoms with Crippen LogP contribution >= 0.6 is 0 Å². The van der Waals surface area contributed by atoms with E-state index in [1.165, 1.54) is 11.6 Å². The van der Waals surface area contributed by atoms with Crippen molar-refractivity contribution in [2.75, 3.05) is 7.11 Å². The van der Waals surface area contributed by atoms with E-state index in [2.05, 4.69) is 33.9 Å². The standard InChI is InChI=1S/C19H28O4SeSi/c1-18(2,3)25(5,6)23-19(17(21)22-4)13-12-15(16(19)20)24-14-10-8-7-9-11-14/h7-11,15H,12-13H2,1-6H3. The molecule has 6 heteroatoms. The van der Waals surface area contributed by atoms with Crippen LogP contribution in [0.2, 0.25) is 22.9 Å². The fourth-order valence-electron chi connectivity index (χ4n) is 2.72. The van der Waals surface area contributed by atoms with Crippen LogP contribution in [-0.2, 0) is 18.8 Å². The summed E-state index contributed by atoms with van der Waals surface area (Å²) in [5.74, 6) is -0.623. The molecule has 1 aliphatic carbocycles. The summed E-state index contributed by atoms with van der Waals surface area (Å²) in [6.45, 7) is 10.5. The molecule has 1 aromatic carbocycles. The monoisotopic (exact) mass is 428 g/mol. The summed E-state index contributed by atoms with van der Waals surface area (Å²) in [4.78, 5) is 25.7. The van der Waals surface area contributed by atoms with Crippen molar-refractivity contribution < 1.29 is 18.8 Å². The van der Waals surface area contributed by atoms with Crippen molar-refractivity contribution in [2.45, 2.75) is 62.2 Å². The van der Waals surface area contributed by atoms with Gasteiger partial charge in [-0.1, -0.05) is 0 Å². The number of ether oxygens (including phenoxy) is 1. The number of methoxy groups -OCH3 is 1. The van der Waals surface area contributed by atoms with Crippen molar-refractivity contribution in [1.29, 1.82) is 0 Å². The molecule has 1 fully saturated rings. The predicted molar refractivity (Wildman–Crippen MR) is 103 cm³/mol. The van der Waals surface area contributed by atoms with E-state index in [0.29, 0.717) is 12.8 Å². The van der Waals surface area contributed by atoms with E-state index in [0.717, 1.165) is 0 Å². The van der Waals surface area contributed by atoms with Crippen molar-refractivity contribution in [1.82, 2.24) is 0 Å². The summed E-state index contributed by atoms with van der Waals surface area (Å²) < 4.78 is 12.6. The molecule has 0 aromatic heterocycles. The number of benzene rings is 1. The number of hydrogen-bond donors (Lipinski definition) is 0. The molecule has 2 rings (SSSR count). The molecule has 2 unspecified atom stereocenters.